The van der Waals surface area contributed by atoms with Gasteiger partial charge in [0.2, 0.25) is 11.8 Å². The number of benzene rings is 1. The zero-order valence-corrected chi connectivity index (χ0v) is 15.0. The summed E-state index contributed by atoms with van der Waals surface area (Å²) in [6.07, 6.45) is 1.49. The second-order valence-corrected chi connectivity index (χ2v) is 6.30. The average molecular weight is 364 g/mol. The third kappa shape index (κ3) is 6.13. The highest BCUT2D eigenvalue weighted by atomic mass is 19.1. The lowest BCUT2D eigenvalue weighted by molar-refractivity contribution is -0.143. The average Bonchev–Trinajstić information content (AvgIpc) is 2.61. The minimum atomic E-state index is -0.344. The Morgan fingerprint density at radius 1 is 1.38 bits per heavy atom. The lowest BCUT2D eigenvalue weighted by Gasteiger charge is -2.32. The molecule has 0 bridgehead atoms. The molecule has 6 nitrogen and oxygen atoms in total. The van der Waals surface area contributed by atoms with Gasteiger partial charge < -0.3 is 15.0 Å². The van der Waals surface area contributed by atoms with Crippen LogP contribution in [0.15, 0.2) is 24.3 Å². The van der Waals surface area contributed by atoms with E-state index in [9.17, 15) is 18.8 Å². The van der Waals surface area contributed by atoms with Gasteiger partial charge in [0.05, 0.1) is 18.9 Å². The number of halogens is 1. The summed E-state index contributed by atoms with van der Waals surface area (Å²) in [5, 5.41) is 2.73. The number of esters is 1. The van der Waals surface area contributed by atoms with Crippen LogP contribution in [0.2, 0.25) is 0 Å². The molecule has 1 atom stereocenters. The maximum absolute atomic E-state index is 13.2. The fourth-order valence-electron chi connectivity index (χ4n) is 2.97. The minimum absolute atomic E-state index is 0.0111. The van der Waals surface area contributed by atoms with Crippen LogP contribution in [0.1, 0.15) is 31.7 Å². The zero-order valence-electron chi connectivity index (χ0n) is 15.0. The molecular weight excluding hydrogens is 339 g/mol. The SMILES string of the molecule is CCOC(=O)CCNC(=O)[C@H]1CCC(=O)N(CCc2cccc(F)c2)C1. The standard InChI is InChI=1S/C19H25FN2O4/c1-2-26-18(24)8-10-21-19(25)15-6-7-17(23)22(13-15)11-9-14-4-3-5-16(20)12-14/h3-5,12,15H,2,6-11,13H2,1H3,(H,21,25)/t15-/m0/s1. The van der Waals surface area contributed by atoms with E-state index in [1.54, 1.807) is 17.9 Å². The molecule has 0 spiro atoms. The van der Waals surface area contributed by atoms with Crippen LogP contribution in [-0.4, -0.2) is 48.9 Å². The molecule has 142 valence electrons. The molecular formula is C19H25FN2O4. The van der Waals surface area contributed by atoms with Crippen molar-refractivity contribution in [3.8, 4) is 0 Å². The monoisotopic (exact) mass is 364 g/mol. The molecule has 2 amide bonds. The molecule has 2 rings (SSSR count). The molecule has 1 aliphatic heterocycles. The van der Waals surface area contributed by atoms with Gasteiger partial charge in [0.15, 0.2) is 0 Å². The summed E-state index contributed by atoms with van der Waals surface area (Å²) in [4.78, 5) is 37.3. The van der Waals surface area contributed by atoms with Crippen LogP contribution in [0, 0.1) is 11.7 Å². The van der Waals surface area contributed by atoms with Crippen molar-refractivity contribution in [2.45, 2.75) is 32.6 Å². The third-order valence-electron chi connectivity index (χ3n) is 4.36. The Labute approximate surface area is 152 Å². The molecule has 0 unspecified atom stereocenters. The van der Waals surface area contributed by atoms with Gasteiger partial charge in [0.1, 0.15) is 5.82 Å². The van der Waals surface area contributed by atoms with E-state index in [4.69, 9.17) is 4.74 Å². The van der Waals surface area contributed by atoms with Crippen LogP contribution in [0.4, 0.5) is 4.39 Å². The Balaban J connectivity index is 1.79. The molecule has 0 radical (unpaired) electrons. The topological polar surface area (TPSA) is 75.7 Å². The molecule has 1 aromatic carbocycles. The molecule has 1 aliphatic rings. The lowest BCUT2D eigenvalue weighted by atomic mass is 9.96. The molecule has 0 saturated carbocycles. The zero-order chi connectivity index (χ0) is 18.9. The first-order valence-corrected chi connectivity index (χ1v) is 8.95. The summed E-state index contributed by atoms with van der Waals surface area (Å²) in [5.41, 5.74) is 0.818. The number of nitrogens with zero attached hydrogens (tertiary/aromatic N) is 1. The van der Waals surface area contributed by atoms with Gasteiger partial charge >= 0.3 is 5.97 Å². The highest BCUT2D eigenvalue weighted by Gasteiger charge is 2.29. The number of rotatable bonds is 8. The van der Waals surface area contributed by atoms with Crippen molar-refractivity contribution < 1.29 is 23.5 Å². The summed E-state index contributed by atoms with van der Waals surface area (Å²) >= 11 is 0. The summed E-state index contributed by atoms with van der Waals surface area (Å²) in [6, 6.07) is 6.29. The first-order valence-electron chi connectivity index (χ1n) is 8.95. The van der Waals surface area contributed by atoms with Crippen LogP contribution in [-0.2, 0) is 25.5 Å². The number of piperidine rings is 1. The van der Waals surface area contributed by atoms with Crippen molar-refractivity contribution in [1.29, 1.82) is 0 Å². The number of carbonyl (C=O) groups excluding carboxylic acids is 3. The molecule has 0 aromatic heterocycles. The van der Waals surface area contributed by atoms with Crippen molar-refractivity contribution in [1.82, 2.24) is 10.2 Å². The smallest absolute Gasteiger partial charge is 0.307 e. The molecule has 1 heterocycles. The molecule has 1 saturated heterocycles. The Morgan fingerprint density at radius 2 is 2.19 bits per heavy atom. The fourth-order valence-corrected chi connectivity index (χ4v) is 2.97. The molecule has 7 heteroatoms. The maximum atomic E-state index is 13.2. The van der Waals surface area contributed by atoms with Gasteiger partial charge in [0.25, 0.3) is 0 Å². The minimum Gasteiger partial charge on any atom is -0.466 e. The Morgan fingerprint density at radius 3 is 2.92 bits per heavy atom. The second-order valence-electron chi connectivity index (χ2n) is 6.30. The van der Waals surface area contributed by atoms with Gasteiger partial charge in [-0.1, -0.05) is 12.1 Å². The number of ether oxygens (including phenoxy) is 1. The van der Waals surface area contributed by atoms with E-state index in [-0.39, 0.29) is 42.5 Å². The van der Waals surface area contributed by atoms with E-state index in [0.717, 1.165) is 5.56 Å². The number of amides is 2. The van der Waals surface area contributed by atoms with E-state index < -0.39 is 0 Å². The molecule has 1 N–H and O–H groups in total. The summed E-state index contributed by atoms with van der Waals surface area (Å²) in [6.45, 7) is 3.07. The number of carbonyl (C=O) groups is 3. The maximum Gasteiger partial charge on any atom is 0.307 e. The van der Waals surface area contributed by atoms with E-state index in [1.165, 1.54) is 12.1 Å². The number of hydrogen-bond donors (Lipinski definition) is 1. The normalized spacial score (nSPS) is 17.1. The van der Waals surface area contributed by atoms with Crippen molar-refractivity contribution in [3.05, 3.63) is 35.6 Å². The number of likely N-dealkylation sites (tertiary alicyclic amines) is 1. The van der Waals surface area contributed by atoms with Gasteiger partial charge in [0, 0.05) is 26.1 Å². The van der Waals surface area contributed by atoms with E-state index in [0.29, 0.717) is 39.0 Å². The van der Waals surface area contributed by atoms with Crippen LogP contribution in [0.25, 0.3) is 0 Å². The van der Waals surface area contributed by atoms with E-state index >= 15 is 0 Å². The highest BCUT2D eigenvalue weighted by molar-refractivity contribution is 5.84. The van der Waals surface area contributed by atoms with Gasteiger partial charge in [-0.3, -0.25) is 14.4 Å². The van der Waals surface area contributed by atoms with Gasteiger partial charge in [-0.25, -0.2) is 4.39 Å². The Bertz CT molecular complexity index is 650. The van der Waals surface area contributed by atoms with Crippen molar-refractivity contribution in [2.24, 2.45) is 5.92 Å². The van der Waals surface area contributed by atoms with Gasteiger partial charge in [-0.05, 0) is 37.5 Å². The van der Waals surface area contributed by atoms with Crippen LogP contribution in [0.3, 0.4) is 0 Å². The summed E-state index contributed by atoms with van der Waals surface area (Å²) < 4.78 is 18.0. The first-order chi connectivity index (χ1) is 12.5. The Hall–Kier alpha value is -2.44. The summed E-state index contributed by atoms with van der Waals surface area (Å²) in [7, 11) is 0. The summed E-state index contributed by atoms with van der Waals surface area (Å²) in [5.74, 6) is -1.08. The molecule has 26 heavy (non-hydrogen) atoms. The van der Waals surface area contributed by atoms with E-state index in [2.05, 4.69) is 5.32 Å². The number of nitrogens with one attached hydrogen (secondary N) is 1. The van der Waals surface area contributed by atoms with Crippen LogP contribution >= 0.6 is 0 Å². The van der Waals surface area contributed by atoms with Crippen molar-refractivity contribution >= 4 is 17.8 Å². The van der Waals surface area contributed by atoms with Crippen LogP contribution in [0.5, 0.6) is 0 Å². The predicted octanol–water partition coefficient (Wildman–Crippen LogP) is 1.68. The molecule has 0 aliphatic carbocycles. The van der Waals surface area contributed by atoms with Crippen molar-refractivity contribution in [3.63, 3.8) is 0 Å². The van der Waals surface area contributed by atoms with Gasteiger partial charge in [-0.2, -0.15) is 0 Å². The quantitative estimate of drug-likeness (QED) is 0.712. The predicted molar refractivity (Wildman–Crippen MR) is 93.7 cm³/mol. The van der Waals surface area contributed by atoms with Gasteiger partial charge in [-0.15, -0.1) is 0 Å². The lowest BCUT2D eigenvalue weighted by Crippen LogP contribution is -2.46. The third-order valence-corrected chi connectivity index (χ3v) is 4.36. The Kier molecular flexibility index (Phi) is 7.56. The fraction of sp³-hybridized carbons (Fsp3) is 0.526. The first kappa shape index (κ1) is 19.9. The largest absolute Gasteiger partial charge is 0.466 e. The van der Waals surface area contributed by atoms with Crippen LogP contribution < -0.4 is 5.32 Å². The molecule has 1 aromatic rings. The highest BCUT2D eigenvalue weighted by Crippen LogP contribution is 2.18. The second kappa shape index (κ2) is 9.89. The molecule has 1 fully saturated rings. The number of hydrogen-bond acceptors (Lipinski definition) is 4. The van der Waals surface area contributed by atoms with Crippen molar-refractivity contribution in [2.75, 3.05) is 26.2 Å². The van der Waals surface area contributed by atoms with E-state index in [1.807, 2.05) is 6.07 Å².